The number of anilines is 1. The van der Waals surface area contributed by atoms with Crippen molar-refractivity contribution in [1.82, 2.24) is 30.8 Å². The quantitative estimate of drug-likeness (QED) is 0.484. The van der Waals surface area contributed by atoms with E-state index in [0.29, 0.717) is 23.4 Å². The number of alkyl halides is 2. The average Bonchev–Trinajstić information content (AvgIpc) is 3.37. The fraction of sp³-hybridized carbons (Fsp3) is 0.421. The highest BCUT2D eigenvalue weighted by atomic mass is 32.2. The summed E-state index contributed by atoms with van der Waals surface area (Å²) in [5, 5.41) is 13.2. The standard InChI is InChI=1S/C19H21F2N7O3S/c1-4-31-15(30)19(20,21)9-7-32-17(24-9)26-14(29)13-10-12(27-28-13)11-8(5-18(10,2)3)6-23-16(22)25-11/h6-7,17,24H,4-5H2,1-3H3,(H,26,29)(H,27,28)(H2,22,23,25). The van der Waals surface area contributed by atoms with Crippen molar-refractivity contribution in [3.05, 3.63) is 34.1 Å². The molecule has 0 bridgehead atoms. The molecular weight excluding hydrogens is 444 g/mol. The number of carbonyl (C=O) groups is 2. The minimum atomic E-state index is -3.85. The molecule has 32 heavy (non-hydrogen) atoms. The van der Waals surface area contributed by atoms with E-state index < -0.39 is 34.4 Å². The van der Waals surface area contributed by atoms with E-state index in [4.69, 9.17) is 5.73 Å². The number of nitrogens with zero attached hydrogens (tertiary/aromatic N) is 3. The van der Waals surface area contributed by atoms with Gasteiger partial charge in [0.25, 0.3) is 5.91 Å². The third kappa shape index (κ3) is 3.66. The number of ether oxygens (including phenoxy) is 1. The first-order valence-electron chi connectivity index (χ1n) is 9.73. The zero-order chi connectivity index (χ0) is 23.3. The lowest BCUT2D eigenvalue weighted by Crippen LogP contribution is -2.45. The van der Waals surface area contributed by atoms with E-state index in [0.717, 1.165) is 22.7 Å². The molecule has 1 aliphatic carbocycles. The van der Waals surface area contributed by atoms with Crippen molar-refractivity contribution in [2.24, 2.45) is 0 Å². The molecule has 2 aromatic rings. The predicted octanol–water partition coefficient (Wildman–Crippen LogP) is 1.67. The first kappa shape index (κ1) is 22.0. The molecule has 10 nitrogen and oxygen atoms in total. The number of carbonyl (C=O) groups excluding carboxylic acids is 2. The Balaban J connectivity index is 1.54. The van der Waals surface area contributed by atoms with E-state index in [9.17, 15) is 18.4 Å². The topological polar surface area (TPSA) is 148 Å². The van der Waals surface area contributed by atoms with Gasteiger partial charge in [-0.2, -0.15) is 13.9 Å². The molecular formula is C19H21F2N7O3S. The molecule has 2 aromatic heterocycles. The van der Waals surface area contributed by atoms with Crippen molar-refractivity contribution in [2.45, 2.75) is 44.0 Å². The minimum absolute atomic E-state index is 0.0936. The molecule has 0 fully saturated rings. The molecule has 2 aliphatic rings. The predicted molar refractivity (Wildman–Crippen MR) is 112 cm³/mol. The van der Waals surface area contributed by atoms with Crippen LogP contribution in [0.4, 0.5) is 14.7 Å². The SMILES string of the molecule is CCOC(=O)C(F)(F)C1=CSC(NC(=O)c2[nH]nc3c2C(C)(C)Cc2cnc(N)nc2-3)N1. The van der Waals surface area contributed by atoms with Gasteiger partial charge in [0.1, 0.15) is 17.1 Å². The van der Waals surface area contributed by atoms with Crippen LogP contribution in [0.3, 0.4) is 0 Å². The Labute approximate surface area is 185 Å². The van der Waals surface area contributed by atoms with Gasteiger partial charge in [-0.3, -0.25) is 9.89 Å². The van der Waals surface area contributed by atoms with Gasteiger partial charge in [-0.15, -0.1) is 0 Å². The van der Waals surface area contributed by atoms with Crippen LogP contribution in [0.2, 0.25) is 0 Å². The lowest BCUT2D eigenvalue weighted by Gasteiger charge is -2.31. The number of hydrogen-bond donors (Lipinski definition) is 4. The lowest BCUT2D eigenvalue weighted by molar-refractivity contribution is -0.166. The second-order valence-electron chi connectivity index (χ2n) is 7.95. The maximum Gasteiger partial charge on any atom is 0.383 e. The summed E-state index contributed by atoms with van der Waals surface area (Å²) in [6.45, 7) is 5.18. The molecule has 1 atom stereocenters. The summed E-state index contributed by atoms with van der Waals surface area (Å²) in [6, 6.07) is 0. The van der Waals surface area contributed by atoms with E-state index in [1.54, 1.807) is 6.20 Å². The number of halogens is 2. The van der Waals surface area contributed by atoms with E-state index >= 15 is 0 Å². The molecule has 170 valence electrons. The molecule has 1 unspecified atom stereocenters. The van der Waals surface area contributed by atoms with Crippen molar-refractivity contribution in [3.8, 4) is 11.4 Å². The highest BCUT2D eigenvalue weighted by Gasteiger charge is 2.48. The van der Waals surface area contributed by atoms with Gasteiger partial charge in [0.05, 0.1) is 12.3 Å². The van der Waals surface area contributed by atoms with Crippen LogP contribution < -0.4 is 16.4 Å². The fourth-order valence-electron chi connectivity index (χ4n) is 3.76. The number of amides is 1. The van der Waals surface area contributed by atoms with Gasteiger partial charge in [-0.25, -0.2) is 14.8 Å². The third-order valence-corrected chi connectivity index (χ3v) is 6.03. The number of fused-ring (bicyclic) bond motifs is 3. The number of H-pyrrole nitrogens is 1. The van der Waals surface area contributed by atoms with E-state index in [2.05, 4.69) is 35.5 Å². The number of esters is 1. The van der Waals surface area contributed by atoms with Gasteiger partial charge in [-0.05, 0) is 24.3 Å². The second kappa shape index (κ2) is 7.73. The molecule has 4 rings (SSSR count). The Morgan fingerprint density at radius 3 is 2.88 bits per heavy atom. The zero-order valence-corrected chi connectivity index (χ0v) is 18.3. The van der Waals surface area contributed by atoms with Crippen LogP contribution in [-0.2, 0) is 21.4 Å². The van der Waals surface area contributed by atoms with Crippen LogP contribution in [0.25, 0.3) is 11.4 Å². The molecule has 0 saturated carbocycles. The summed E-state index contributed by atoms with van der Waals surface area (Å²) in [5.74, 6) is -5.95. The largest absolute Gasteiger partial charge is 0.461 e. The molecule has 3 heterocycles. The lowest BCUT2D eigenvalue weighted by atomic mass is 9.73. The van der Waals surface area contributed by atoms with Gasteiger partial charge in [0.15, 0.2) is 5.50 Å². The van der Waals surface area contributed by atoms with Gasteiger partial charge < -0.3 is 21.1 Å². The van der Waals surface area contributed by atoms with Crippen LogP contribution in [0, 0.1) is 0 Å². The number of nitrogens with two attached hydrogens (primary N) is 1. The van der Waals surface area contributed by atoms with E-state index in [1.807, 2.05) is 13.8 Å². The number of nitrogen functional groups attached to an aromatic ring is 1. The molecule has 0 radical (unpaired) electrons. The number of nitrogens with one attached hydrogen (secondary N) is 3. The smallest absolute Gasteiger partial charge is 0.383 e. The first-order valence-corrected chi connectivity index (χ1v) is 10.7. The van der Waals surface area contributed by atoms with Gasteiger partial charge in [0.2, 0.25) is 5.95 Å². The summed E-state index contributed by atoms with van der Waals surface area (Å²) >= 11 is 0.902. The summed E-state index contributed by atoms with van der Waals surface area (Å²) in [7, 11) is 0. The van der Waals surface area contributed by atoms with Crippen LogP contribution in [-0.4, -0.2) is 50.1 Å². The van der Waals surface area contributed by atoms with Gasteiger partial charge in [0, 0.05) is 17.2 Å². The van der Waals surface area contributed by atoms with Crippen LogP contribution in [0.1, 0.15) is 42.4 Å². The summed E-state index contributed by atoms with van der Waals surface area (Å²) in [5.41, 5.74) is 6.44. The summed E-state index contributed by atoms with van der Waals surface area (Å²) < 4.78 is 32.9. The van der Waals surface area contributed by atoms with Crippen molar-refractivity contribution in [3.63, 3.8) is 0 Å². The number of aromatic nitrogens is 4. The fourth-order valence-corrected chi connectivity index (χ4v) is 4.62. The molecule has 0 aromatic carbocycles. The van der Waals surface area contributed by atoms with Gasteiger partial charge >= 0.3 is 11.9 Å². The average molecular weight is 465 g/mol. The van der Waals surface area contributed by atoms with E-state index in [-0.39, 0.29) is 18.2 Å². The second-order valence-corrected chi connectivity index (χ2v) is 8.92. The van der Waals surface area contributed by atoms with Crippen LogP contribution in [0.5, 0.6) is 0 Å². The molecule has 0 saturated heterocycles. The highest BCUT2D eigenvalue weighted by molar-refractivity contribution is 8.02. The Bertz CT molecular complexity index is 1130. The first-order chi connectivity index (χ1) is 15.0. The Kier molecular flexibility index (Phi) is 5.31. The maximum absolute atomic E-state index is 14.2. The number of aromatic amines is 1. The monoisotopic (exact) mass is 465 g/mol. The van der Waals surface area contributed by atoms with Crippen molar-refractivity contribution in [2.75, 3.05) is 12.3 Å². The van der Waals surface area contributed by atoms with Crippen LogP contribution >= 0.6 is 11.8 Å². The van der Waals surface area contributed by atoms with Gasteiger partial charge in [-0.1, -0.05) is 25.6 Å². The van der Waals surface area contributed by atoms with Crippen molar-refractivity contribution in [1.29, 1.82) is 0 Å². The van der Waals surface area contributed by atoms with Crippen LogP contribution in [0.15, 0.2) is 17.3 Å². The minimum Gasteiger partial charge on any atom is -0.461 e. The van der Waals surface area contributed by atoms with Crippen molar-refractivity contribution >= 4 is 29.6 Å². The summed E-state index contributed by atoms with van der Waals surface area (Å²) in [4.78, 5) is 32.8. The van der Waals surface area contributed by atoms with Crippen molar-refractivity contribution < 1.29 is 23.1 Å². The third-order valence-electron chi connectivity index (χ3n) is 5.15. The number of rotatable bonds is 5. The molecule has 1 amide bonds. The molecule has 5 N–H and O–H groups in total. The molecule has 13 heteroatoms. The zero-order valence-electron chi connectivity index (χ0n) is 17.5. The summed E-state index contributed by atoms with van der Waals surface area (Å²) in [6.07, 6.45) is 2.20. The normalized spacial score (nSPS) is 18.8. The molecule has 1 aliphatic heterocycles. The highest BCUT2D eigenvalue weighted by Crippen LogP contribution is 2.42. The number of thioether (sulfide) groups is 1. The Morgan fingerprint density at radius 1 is 1.41 bits per heavy atom. The number of hydrogen-bond acceptors (Lipinski definition) is 9. The Morgan fingerprint density at radius 2 is 2.16 bits per heavy atom. The Hall–Kier alpha value is -3.22. The molecule has 0 spiro atoms. The van der Waals surface area contributed by atoms with E-state index in [1.165, 1.54) is 6.92 Å². The maximum atomic E-state index is 14.2.